The highest BCUT2D eigenvalue weighted by Crippen LogP contribution is 2.46. The molecule has 1 aromatic carbocycles. The molecular weight excluding hydrogens is 411 g/mol. The van der Waals surface area contributed by atoms with Crippen LogP contribution in [0.25, 0.3) is 0 Å². The molecule has 31 heavy (non-hydrogen) atoms. The highest BCUT2D eigenvalue weighted by molar-refractivity contribution is 7.99. The Morgan fingerprint density at radius 1 is 1.13 bits per heavy atom. The number of nitrogens with zero attached hydrogens (tertiary/aromatic N) is 4. The van der Waals surface area contributed by atoms with Crippen molar-refractivity contribution in [3.05, 3.63) is 64.5 Å². The third-order valence-corrected chi connectivity index (χ3v) is 7.23. The van der Waals surface area contributed by atoms with Crippen LogP contribution in [0.3, 0.4) is 0 Å². The van der Waals surface area contributed by atoms with Gasteiger partial charge in [-0.05, 0) is 69.7 Å². The fourth-order valence-electron chi connectivity index (χ4n) is 4.21. The number of aryl methyl sites for hydroxylation is 2. The van der Waals surface area contributed by atoms with E-state index < -0.39 is 0 Å². The van der Waals surface area contributed by atoms with Gasteiger partial charge in [-0.3, -0.25) is 4.79 Å². The number of rotatable bonds is 9. The molecule has 2 saturated carbocycles. The first-order valence-corrected chi connectivity index (χ1v) is 12.0. The number of thioether (sulfide) groups is 1. The summed E-state index contributed by atoms with van der Waals surface area (Å²) in [6.07, 6.45) is 5.59. The zero-order chi connectivity index (χ0) is 21.5. The van der Waals surface area contributed by atoms with Crippen LogP contribution in [-0.4, -0.2) is 30.9 Å². The Labute approximate surface area is 186 Å². The molecule has 0 radical (unpaired) electrons. The highest BCUT2D eigenvalue weighted by Gasteiger charge is 2.36. The minimum Gasteiger partial charge on any atom is -0.348 e. The summed E-state index contributed by atoms with van der Waals surface area (Å²) >= 11 is 1.51. The smallest absolute Gasteiger partial charge is 0.191 e. The van der Waals surface area contributed by atoms with E-state index in [2.05, 4.69) is 19.3 Å². The van der Waals surface area contributed by atoms with E-state index in [4.69, 9.17) is 0 Å². The van der Waals surface area contributed by atoms with E-state index in [0.717, 1.165) is 46.5 Å². The van der Waals surface area contributed by atoms with Gasteiger partial charge in [0, 0.05) is 35.5 Å². The number of halogens is 1. The maximum atomic E-state index is 13.1. The van der Waals surface area contributed by atoms with E-state index in [0.29, 0.717) is 17.7 Å². The first kappa shape index (κ1) is 20.5. The second-order valence-electron chi connectivity index (χ2n) is 8.74. The van der Waals surface area contributed by atoms with Crippen LogP contribution in [-0.2, 0) is 13.0 Å². The van der Waals surface area contributed by atoms with Crippen LogP contribution in [0.1, 0.15) is 70.8 Å². The summed E-state index contributed by atoms with van der Waals surface area (Å²) in [5.41, 5.74) is 3.94. The molecule has 3 aromatic rings. The maximum absolute atomic E-state index is 13.1. The Morgan fingerprint density at radius 2 is 1.87 bits per heavy atom. The fourth-order valence-corrected chi connectivity index (χ4v) is 5.11. The average molecular weight is 439 g/mol. The predicted molar refractivity (Wildman–Crippen MR) is 119 cm³/mol. The van der Waals surface area contributed by atoms with Crippen LogP contribution < -0.4 is 0 Å². The van der Waals surface area contributed by atoms with Crippen molar-refractivity contribution >= 4 is 17.5 Å². The second kappa shape index (κ2) is 8.26. The van der Waals surface area contributed by atoms with E-state index in [1.165, 1.54) is 49.6 Å². The van der Waals surface area contributed by atoms with E-state index in [9.17, 15) is 9.18 Å². The molecule has 0 unspecified atom stereocenters. The van der Waals surface area contributed by atoms with Crippen molar-refractivity contribution in [2.45, 2.75) is 69.6 Å². The van der Waals surface area contributed by atoms with E-state index >= 15 is 0 Å². The standard InChI is InChI=1S/C24H27FN4OS/c1-15-13-21(16(2)28(15)12-11-17-3-7-19(25)8-4-17)22(30)14-31-24-27-26-23(18-5-6-18)29(24)20-9-10-20/h3-4,7-8,13,18,20H,5-6,9-12,14H2,1-2H3. The highest BCUT2D eigenvalue weighted by atomic mass is 32.2. The molecule has 0 aliphatic heterocycles. The average Bonchev–Trinajstić information content (AvgIpc) is 3.69. The van der Waals surface area contributed by atoms with Crippen molar-refractivity contribution < 1.29 is 9.18 Å². The van der Waals surface area contributed by atoms with Gasteiger partial charge in [-0.2, -0.15) is 0 Å². The minimum absolute atomic E-state index is 0.129. The Hall–Kier alpha value is -2.41. The van der Waals surface area contributed by atoms with Crippen molar-refractivity contribution in [3.63, 3.8) is 0 Å². The molecule has 2 aliphatic carbocycles. The fraction of sp³-hybridized carbons (Fsp3) is 0.458. The quantitative estimate of drug-likeness (QED) is 0.338. The molecule has 5 nitrogen and oxygen atoms in total. The topological polar surface area (TPSA) is 52.7 Å². The van der Waals surface area contributed by atoms with Crippen LogP contribution >= 0.6 is 11.8 Å². The van der Waals surface area contributed by atoms with Gasteiger partial charge >= 0.3 is 0 Å². The third-order valence-electron chi connectivity index (χ3n) is 6.29. The molecule has 0 N–H and O–H groups in total. The molecule has 0 atom stereocenters. The van der Waals surface area contributed by atoms with Crippen molar-refractivity contribution in [3.8, 4) is 0 Å². The minimum atomic E-state index is -0.218. The van der Waals surface area contributed by atoms with Crippen LogP contribution in [0.2, 0.25) is 0 Å². The monoisotopic (exact) mass is 438 g/mol. The number of ketones is 1. The van der Waals surface area contributed by atoms with Gasteiger partial charge in [0.25, 0.3) is 0 Å². The summed E-state index contributed by atoms with van der Waals surface area (Å²) in [4.78, 5) is 13.0. The van der Waals surface area contributed by atoms with Crippen molar-refractivity contribution in [1.29, 1.82) is 0 Å². The van der Waals surface area contributed by atoms with E-state index in [1.54, 1.807) is 0 Å². The number of hydrogen-bond donors (Lipinski definition) is 0. The third kappa shape index (κ3) is 4.33. The first-order chi connectivity index (χ1) is 15.0. The summed E-state index contributed by atoms with van der Waals surface area (Å²) in [5, 5.41) is 9.74. The lowest BCUT2D eigenvalue weighted by molar-refractivity contribution is 0.102. The number of carbonyl (C=O) groups is 1. The van der Waals surface area contributed by atoms with E-state index in [1.807, 2.05) is 32.0 Å². The molecule has 2 aromatic heterocycles. The lowest BCUT2D eigenvalue weighted by atomic mass is 10.1. The van der Waals surface area contributed by atoms with Crippen molar-refractivity contribution in [1.82, 2.24) is 19.3 Å². The Morgan fingerprint density at radius 3 is 2.55 bits per heavy atom. The number of hydrogen-bond acceptors (Lipinski definition) is 4. The number of benzene rings is 1. The van der Waals surface area contributed by atoms with Gasteiger partial charge in [0.15, 0.2) is 10.9 Å². The van der Waals surface area contributed by atoms with Crippen LogP contribution in [0.4, 0.5) is 4.39 Å². The van der Waals surface area contributed by atoms with Gasteiger partial charge in [0.1, 0.15) is 11.6 Å². The molecule has 0 bridgehead atoms. The molecule has 0 amide bonds. The zero-order valence-corrected chi connectivity index (χ0v) is 18.8. The summed E-state index contributed by atoms with van der Waals surface area (Å²) in [7, 11) is 0. The van der Waals surface area contributed by atoms with E-state index in [-0.39, 0.29) is 11.6 Å². The lowest BCUT2D eigenvalue weighted by Gasteiger charge is -2.10. The van der Waals surface area contributed by atoms with Crippen LogP contribution in [0.15, 0.2) is 35.5 Å². The molecule has 2 fully saturated rings. The van der Waals surface area contributed by atoms with Gasteiger partial charge in [0.2, 0.25) is 0 Å². The lowest BCUT2D eigenvalue weighted by Crippen LogP contribution is -2.09. The number of Topliss-reactive ketones (excluding diaryl/α,β-unsaturated/α-hetero) is 1. The molecule has 2 aliphatic rings. The molecule has 7 heteroatoms. The van der Waals surface area contributed by atoms with Gasteiger partial charge in [-0.15, -0.1) is 10.2 Å². The van der Waals surface area contributed by atoms with Gasteiger partial charge in [-0.1, -0.05) is 23.9 Å². The Bertz CT molecular complexity index is 1110. The predicted octanol–water partition coefficient (Wildman–Crippen LogP) is 5.27. The normalized spacial score (nSPS) is 16.1. The molecule has 162 valence electrons. The molecule has 0 saturated heterocycles. The largest absolute Gasteiger partial charge is 0.348 e. The second-order valence-corrected chi connectivity index (χ2v) is 9.68. The van der Waals surface area contributed by atoms with Crippen LogP contribution in [0, 0.1) is 19.7 Å². The first-order valence-electron chi connectivity index (χ1n) is 11.0. The molecule has 0 spiro atoms. The molecular formula is C24H27FN4OS. The summed E-state index contributed by atoms with van der Waals surface area (Å²) in [6, 6.07) is 9.14. The maximum Gasteiger partial charge on any atom is 0.191 e. The summed E-state index contributed by atoms with van der Waals surface area (Å²) in [5.74, 6) is 1.97. The number of aromatic nitrogens is 4. The van der Waals surface area contributed by atoms with Crippen LogP contribution in [0.5, 0.6) is 0 Å². The van der Waals surface area contributed by atoms with Gasteiger partial charge < -0.3 is 9.13 Å². The molecule has 5 rings (SSSR count). The summed E-state index contributed by atoms with van der Waals surface area (Å²) < 4.78 is 17.6. The number of carbonyl (C=O) groups excluding carboxylic acids is 1. The zero-order valence-electron chi connectivity index (χ0n) is 18.0. The molecule has 2 heterocycles. The van der Waals surface area contributed by atoms with Gasteiger partial charge in [-0.25, -0.2) is 4.39 Å². The summed E-state index contributed by atoms with van der Waals surface area (Å²) in [6.45, 7) is 4.81. The van der Waals surface area contributed by atoms with Crippen molar-refractivity contribution in [2.24, 2.45) is 0 Å². The van der Waals surface area contributed by atoms with Gasteiger partial charge in [0.05, 0.1) is 5.75 Å². The Kier molecular flexibility index (Phi) is 5.46. The SMILES string of the molecule is Cc1cc(C(=O)CSc2nnc(C3CC3)n2C2CC2)c(C)n1CCc1ccc(F)cc1. The Balaban J connectivity index is 1.26. The van der Waals surface area contributed by atoms with Crippen molar-refractivity contribution in [2.75, 3.05) is 5.75 Å².